The molecule has 1 amide bonds. The van der Waals surface area contributed by atoms with Gasteiger partial charge in [0, 0.05) is 24.2 Å². The summed E-state index contributed by atoms with van der Waals surface area (Å²) in [4.78, 5) is 19.8. The fourth-order valence-corrected chi connectivity index (χ4v) is 3.77. The zero-order chi connectivity index (χ0) is 19.8. The molecule has 0 unspecified atom stereocenters. The van der Waals surface area contributed by atoms with Crippen LogP contribution in [0, 0.1) is 5.82 Å². The van der Waals surface area contributed by atoms with E-state index < -0.39 is 0 Å². The highest BCUT2D eigenvalue weighted by Crippen LogP contribution is 2.33. The highest BCUT2D eigenvalue weighted by atomic mass is 19.1. The number of fused-ring (bicyclic) bond motifs is 1. The summed E-state index contributed by atoms with van der Waals surface area (Å²) in [5.41, 5.74) is 3.53. The third-order valence-electron chi connectivity index (χ3n) is 5.26. The second-order valence-corrected chi connectivity index (χ2v) is 7.14. The molecule has 1 aliphatic rings. The molecule has 5 rings (SSSR count). The van der Waals surface area contributed by atoms with Crippen molar-refractivity contribution in [3.05, 3.63) is 72.0 Å². The van der Waals surface area contributed by atoms with Crippen LogP contribution in [0.4, 0.5) is 4.39 Å². The van der Waals surface area contributed by atoms with Gasteiger partial charge in [0.25, 0.3) is 11.6 Å². The van der Waals surface area contributed by atoms with Gasteiger partial charge in [0.15, 0.2) is 0 Å². The van der Waals surface area contributed by atoms with E-state index in [0.29, 0.717) is 33.6 Å². The van der Waals surface area contributed by atoms with E-state index in [4.69, 9.17) is 4.52 Å². The molecule has 6 heteroatoms. The molecule has 2 aromatic carbocycles. The Hall–Kier alpha value is -3.54. The first-order chi connectivity index (χ1) is 14.2. The van der Waals surface area contributed by atoms with Gasteiger partial charge in [-0.25, -0.2) is 9.37 Å². The maximum atomic E-state index is 13.3. The lowest BCUT2D eigenvalue weighted by molar-refractivity contribution is 0.0794. The van der Waals surface area contributed by atoms with E-state index in [9.17, 15) is 9.18 Å². The van der Waals surface area contributed by atoms with Gasteiger partial charge in [0.2, 0.25) is 0 Å². The van der Waals surface area contributed by atoms with Gasteiger partial charge >= 0.3 is 0 Å². The van der Waals surface area contributed by atoms with Crippen LogP contribution in [0.15, 0.2) is 65.2 Å². The molecule has 29 heavy (non-hydrogen) atoms. The summed E-state index contributed by atoms with van der Waals surface area (Å²) < 4.78 is 18.9. The van der Waals surface area contributed by atoms with E-state index in [-0.39, 0.29) is 11.7 Å². The van der Waals surface area contributed by atoms with Crippen LogP contribution in [0.25, 0.3) is 33.6 Å². The molecule has 1 fully saturated rings. The number of hydrogen-bond acceptors (Lipinski definition) is 4. The van der Waals surface area contributed by atoms with Gasteiger partial charge in [-0.05, 0) is 43.2 Å². The largest absolute Gasteiger partial charge is 0.339 e. The summed E-state index contributed by atoms with van der Waals surface area (Å²) in [5.74, 6) is -0.382. The first kappa shape index (κ1) is 17.6. The highest BCUT2D eigenvalue weighted by Gasteiger charge is 2.26. The van der Waals surface area contributed by atoms with Gasteiger partial charge in [0.05, 0.1) is 16.6 Å². The number of aromatic nitrogens is 2. The van der Waals surface area contributed by atoms with E-state index in [2.05, 4.69) is 10.1 Å². The summed E-state index contributed by atoms with van der Waals surface area (Å²) >= 11 is 0. The summed E-state index contributed by atoms with van der Waals surface area (Å²) in [6.07, 6.45) is 2.00. The minimum Gasteiger partial charge on any atom is -0.339 e. The molecule has 0 spiro atoms. The van der Waals surface area contributed by atoms with Crippen LogP contribution < -0.4 is 0 Å². The summed E-state index contributed by atoms with van der Waals surface area (Å²) in [7, 11) is 0. The van der Waals surface area contributed by atoms with E-state index >= 15 is 0 Å². The minimum atomic E-state index is -0.325. The van der Waals surface area contributed by atoms with Crippen LogP contribution in [0.2, 0.25) is 0 Å². The molecule has 1 aliphatic heterocycles. The average molecular weight is 387 g/mol. The molecule has 2 aromatic heterocycles. The normalized spacial score (nSPS) is 13.9. The van der Waals surface area contributed by atoms with Crippen LogP contribution in [-0.2, 0) is 0 Å². The Kier molecular flexibility index (Phi) is 4.31. The molecule has 0 bridgehead atoms. The molecule has 5 nitrogen and oxygen atoms in total. The highest BCUT2D eigenvalue weighted by molar-refractivity contribution is 6.10. The van der Waals surface area contributed by atoms with Crippen molar-refractivity contribution in [2.24, 2.45) is 0 Å². The van der Waals surface area contributed by atoms with E-state index in [0.717, 1.165) is 31.5 Å². The van der Waals surface area contributed by atoms with Gasteiger partial charge < -0.3 is 9.42 Å². The van der Waals surface area contributed by atoms with E-state index in [1.165, 1.54) is 12.1 Å². The second kappa shape index (κ2) is 7.13. The first-order valence-corrected chi connectivity index (χ1v) is 9.62. The lowest BCUT2D eigenvalue weighted by Gasteiger charge is -2.16. The van der Waals surface area contributed by atoms with Gasteiger partial charge in [0.1, 0.15) is 11.5 Å². The fourth-order valence-electron chi connectivity index (χ4n) is 3.77. The fraction of sp³-hybridized carbons (Fsp3) is 0.174. The number of rotatable bonds is 3. The van der Waals surface area contributed by atoms with Crippen LogP contribution in [0.1, 0.15) is 23.2 Å². The standard InChI is InChI=1S/C23H18FN3O2/c24-17-10-8-15(9-11-17)19-14-18(23(28)27-12-4-5-13-27)20-21(26-29-22(20)25-19)16-6-2-1-3-7-16/h1-3,6-11,14H,4-5,12-13H2. The maximum Gasteiger partial charge on any atom is 0.259 e. The Morgan fingerprint density at radius 1 is 0.966 bits per heavy atom. The third kappa shape index (κ3) is 3.16. The number of nitrogens with zero attached hydrogens (tertiary/aromatic N) is 3. The van der Waals surface area contributed by atoms with Crippen LogP contribution in [-0.4, -0.2) is 34.0 Å². The van der Waals surface area contributed by atoms with Gasteiger partial charge in [-0.3, -0.25) is 4.79 Å². The molecule has 0 atom stereocenters. The Bertz CT molecular complexity index is 1180. The predicted octanol–water partition coefficient (Wildman–Crippen LogP) is 4.93. The number of halogens is 1. The van der Waals surface area contributed by atoms with Crippen LogP contribution in [0.3, 0.4) is 0 Å². The average Bonchev–Trinajstić information content (AvgIpc) is 3.44. The number of benzene rings is 2. The van der Waals surface area contributed by atoms with Crippen molar-refractivity contribution in [3.8, 4) is 22.5 Å². The molecule has 1 saturated heterocycles. The molecule has 144 valence electrons. The van der Waals surface area contributed by atoms with Crippen molar-refractivity contribution >= 4 is 17.0 Å². The molecule has 4 aromatic rings. The number of hydrogen-bond donors (Lipinski definition) is 0. The van der Waals surface area contributed by atoms with Crippen molar-refractivity contribution < 1.29 is 13.7 Å². The van der Waals surface area contributed by atoms with Crippen LogP contribution in [0.5, 0.6) is 0 Å². The number of likely N-dealkylation sites (tertiary alicyclic amines) is 1. The number of pyridine rings is 1. The summed E-state index contributed by atoms with van der Waals surface area (Å²) in [6, 6.07) is 17.4. The number of carbonyl (C=O) groups is 1. The quantitative estimate of drug-likeness (QED) is 0.500. The second-order valence-electron chi connectivity index (χ2n) is 7.14. The predicted molar refractivity (Wildman–Crippen MR) is 108 cm³/mol. The monoisotopic (exact) mass is 387 g/mol. The Morgan fingerprint density at radius 2 is 1.69 bits per heavy atom. The minimum absolute atomic E-state index is 0.0568. The lowest BCUT2D eigenvalue weighted by Crippen LogP contribution is -2.27. The zero-order valence-electron chi connectivity index (χ0n) is 15.6. The van der Waals surface area contributed by atoms with Crippen LogP contribution >= 0.6 is 0 Å². The Morgan fingerprint density at radius 3 is 2.41 bits per heavy atom. The van der Waals surface area contributed by atoms with Crippen molar-refractivity contribution in [1.29, 1.82) is 0 Å². The first-order valence-electron chi connectivity index (χ1n) is 9.62. The smallest absolute Gasteiger partial charge is 0.259 e. The summed E-state index contributed by atoms with van der Waals surface area (Å²) in [5, 5.41) is 4.83. The molecule has 0 saturated carbocycles. The Labute approximate surface area is 166 Å². The zero-order valence-corrected chi connectivity index (χ0v) is 15.6. The van der Waals surface area contributed by atoms with Crippen molar-refractivity contribution in [2.75, 3.05) is 13.1 Å². The molecular formula is C23H18FN3O2. The van der Waals surface area contributed by atoms with Crippen molar-refractivity contribution in [3.63, 3.8) is 0 Å². The van der Waals surface area contributed by atoms with Gasteiger partial charge in [-0.1, -0.05) is 35.5 Å². The molecule has 3 heterocycles. The lowest BCUT2D eigenvalue weighted by atomic mass is 10.0. The number of carbonyl (C=O) groups excluding carboxylic acids is 1. The van der Waals surface area contributed by atoms with Crippen molar-refractivity contribution in [2.45, 2.75) is 12.8 Å². The third-order valence-corrected chi connectivity index (χ3v) is 5.26. The topological polar surface area (TPSA) is 59.2 Å². The summed E-state index contributed by atoms with van der Waals surface area (Å²) in [6.45, 7) is 1.47. The van der Waals surface area contributed by atoms with Gasteiger partial charge in [-0.15, -0.1) is 0 Å². The van der Waals surface area contributed by atoms with Crippen molar-refractivity contribution in [1.82, 2.24) is 15.0 Å². The molecule has 0 N–H and O–H groups in total. The van der Waals surface area contributed by atoms with E-state index in [1.807, 2.05) is 35.2 Å². The number of amides is 1. The van der Waals surface area contributed by atoms with E-state index in [1.54, 1.807) is 18.2 Å². The maximum absolute atomic E-state index is 13.3. The molecular weight excluding hydrogens is 369 g/mol. The van der Waals surface area contributed by atoms with Gasteiger partial charge in [-0.2, -0.15) is 0 Å². The molecule has 0 aliphatic carbocycles. The molecule has 0 radical (unpaired) electrons. The SMILES string of the molecule is O=C(c1cc(-c2ccc(F)cc2)nc2onc(-c3ccccc3)c12)N1CCCC1. The Balaban J connectivity index is 1.72.